The first kappa shape index (κ1) is 13.7. The lowest BCUT2D eigenvalue weighted by atomic mass is 10.2. The number of aryl methyl sites for hydroxylation is 1. The van der Waals surface area contributed by atoms with Gasteiger partial charge in [0.25, 0.3) is 5.91 Å². The largest absolute Gasteiger partial charge is 0.507 e. The number of phenolic OH excluding ortho intramolecular Hbond substituents is 1. The van der Waals surface area contributed by atoms with E-state index < -0.39 is 5.91 Å². The summed E-state index contributed by atoms with van der Waals surface area (Å²) in [6.45, 7) is 0.237. The number of aromatic hydroxyl groups is 1. The maximum Gasteiger partial charge on any atom is 0.256 e. The number of carbonyl (C=O) groups is 1. The average Bonchev–Trinajstić information content (AvgIpc) is 2.70. The van der Waals surface area contributed by atoms with Gasteiger partial charge in [-0.05, 0) is 12.1 Å². The van der Waals surface area contributed by atoms with E-state index in [1.54, 1.807) is 17.0 Å². The number of aromatic nitrogens is 2. The second kappa shape index (κ2) is 5.50. The van der Waals surface area contributed by atoms with Crippen LogP contribution >= 0.6 is 23.2 Å². The van der Waals surface area contributed by atoms with Gasteiger partial charge in [-0.15, -0.1) is 0 Å². The Bertz CT molecular complexity index is 602. The minimum Gasteiger partial charge on any atom is -0.507 e. The normalized spacial score (nSPS) is 10.5. The summed E-state index contributed by atoms with van der Waals surface area (Å²) >= 11 is 11.6. The number of hydrogen-bond donors (Lipinski definition) is 2. The van der Waals surface area contributed by atoms with Crippen LogP contribution in [0.15, 0.2) is 24.5 Å². The zero-order chi connectivity index (χ0) is 14.0. The van der Waals surface area contributed by atoms with E-state index in [1.807, 2.05) is 7.05 Å². The standard InChI is InChI=1S/C12H11Cl2N3O2/c1-17-3-2-15-10(17)6-16-12(19)11-8(14)4-7(13)5-9(11)18/h2-5,18H,6H2,1H3,(H,16,19). The summed E-state index contributed by atoms with van der Waals surface area (Å²) in [7, 11) is 1.82. The van der Waals surface area contributed by atoms with Crippen LogP contribution in [-0.4, -0.2) is 20.6 Å². The molecule has 0 atom stereocenters. The van der Waals surface area contributed by atoms with Crippen molar-refractivity contribution in [3.05, 3.63) is 46.0 Å². The molecule has 0 unspecified atom stereocenters. The van der Waals surface area contributed by atoms with Gasteiger partial charge in [-0.25, -0.2) is 4.98 Å². The van der Waals surface area contributed by atoms with Gasteiger partial charge in [0.15, 0.2) is 0 Å². The maximum absolute atomic E-state index is 12.0. The number of nitrogens with zero attached hydrogens (tertiary/aromatic N) is 2. The van der Waals surface area contributed by atoms with Gasteiger partial charge in [0, 0.05) is 24.5 Å². The molecule has 2 aromatic rings. The summed E-state index contributed by atoms with van der Waals surface area (Å²) in [5.74, 6) is -0.0464. The molecule has 19 heavy (non-hydrogen) atoms. The Morgan fingerprint density at radius 2 is 2.21 bits per heavy atom. The monoisotopic (exact) mass is 299 g/mol. The van der Waals surface area contributed by atoms with Crippen LogP contribution in [-0.2, 0) is 13.6 Å². The van der Waals surface area contributed by atoms with E-state index in [9.17, 15) is 9.90 Å². The van der Waals surface area contributed by atoms with Crippen LogP contribution < -0.4 is 5.32 Å². The highest BCUT2D eigenvalue weighted by molar-refractivity contribution is 6.37. The Labute approximate surface area is 119 Å². The van der Waals surface area contributed by atoms with Crippen LogP contribution in [0.25, 0.3) is 0 Å². The van der Waals surface area contributed by atoms with Crippen molar-refractivity contribution in [2.45, 2.75) is 6.54 Å². The van der Waals surface area contributed by atoms with Crippen molar-refractivity contribution in [2.75, 3.05) is 0 Å². The van der Waals surface area contributed by atoms with E-state index in [2.05, 4.69) is 10.3 Å². The van der Waals surface area contributed by atoms with Crippen molar-refractivity contribution in [3.63, 3.8) is 0 Å². The number of phenols is 1. The lowest BCUT2D eigenvalue weighted by Gasteiger charge is -2.09. The maximum atomic E-state index is 12.0. The lowest BCUT2D eigenvalue weighted by Crippen LogP contribution is -2.24. The molecular formula is C12H11Cl2N3O2. The molecule has 0 aliphatic carbocycles. The number of benzene rings is 1. The Morgan fingerprint density at radius 3 is 2.79 bits per heavy atom. The fraction of sp³-hybridized carbons (Fsp3) is 0.167. The Morgan fingerprint density at radius 1 is 1.47 bits per heavy atom. The van der Waals surface area contributed by atoms with Crippen molar-refractivity contribution < 1.29 is 9.90 Å². The van der Waals surface area contributed by atoms with Crippen LogP contribution in [0.3, 0.4) is 0 Å². The molecule has 0 aliphatic heterocycles. The van der Waals surface area contributed by atoms with Gasteiger partial charge in [0.2, 0.25) is 0 Å². The molecule has 0 spiro atoms. The fourth-order valence-corrected chi connectivity index (χ4v) is 2.17. The van der Waals surface area contributed by atoms with Crippen LogP contribution in [0.5, 0.6) is 5.75 Å². The molecule has 5 nitrogen and oxygen atoms in total. The zero-order valence-electron chi connectivity index (χ0n) is 10.0. The van der Waals surface area contributed by atoms with Gasteiger partial charge in [0.1, 0.15) is 11.6 Å². The molecule has 0 saturated carbocycles. The Hall–Kier alpha value is -1.72. The lowest BCUT2D eigenvalue weighted by molar-refractivity contribution is 0.0947. The van der Waals surface area contributed by atoms with Crippen LogP contribution in [0.1, 0.15) is 16.2 Å². The third-order valence-electron chi connectivity index (χ3n) is 2.59. The van der Waals surface area contributed by atoms with Gasteiger partial charge < -0.3 is 15.0 Å². The van der Waals surface area contributed by atoms with Crippen molar-refractivity contribution in [1.29, 1.82) is 0 Å². The molecule has 0 radical (unpaired) electrons. The molecule has 0 fully saturated rings. The smallest absolute Gasteiger partial charge is 0.256 e. The minimum absolute atomic E-state index is 0.000255. The summed E-state index contributed by atoms with van der Waals surface area (Å²) in [4.78, 5) is 16.0. The summed E-state index contributed by atoms with van der Waals surface area (Å²) in [5, 5.41) is 12.7. The molecule has 0 aliphatic rings. The molecule has 0 bridgehead atoms. The molecule has 2 N–H and O–H groups in total. The van der Waals surface area contributed by atoms with E-state index >= 15 is 0 Å². The van der Waals surface area contributed by atoms with Crippen LogP contribution in [0.4, 0.5) is 0 Å². The molecule has 1 amide bonds. The quantitative estimate of drug-likeness (QED) is 0.914. The number of nitrogens with one attached hydrogen (secondary N) is 1. The third kappa shape index (κ3) is 3.00. The van der Waals surface area contributed by atoms with Gasteiger partial charge in [-0.3, -0.25) is 4.79 Å². The van der Waals surface area contributed by atoms with Gasteiger partial charge in [-0.2, -0.15) is 0 Å². The number of rotatable bonds is 3. The average molecular weight is 300 g/mol. The molecule has 1 aromatic carbocycles. The zero-order valence-corrected chi connectivity index (χ0v) is 11.5. The summed E-state index contributed by atoms with van der Waals surface area (Å²) in [6, 6.07) is 2.67. The van der Waals surface area contributed by atoms with Crippen LogP contribution in [0, 0.1) is 0 Å². The van der Waals surface area contributed by atoms with Crippen molar-refractivity contribution in [3.8, 4) is 5.75 Å². The van der Waals surface area contributed by atoms with Crippen molar-refractivity contribution in [1.82, 2.24) is 14.9 Å². The first-order valence-corrected chi connectivity index (χ1v) is 6.17. The first-order chi connectivity index (χ1) is 8.99. The van der Waals surface area contributed by atoms with Crippen LogP contribution in [0.2, 0.25) is 10.0 Å². The number of carbonyl (C=O) groups excluding carboxylic acids is 1. The highest BCUT2D eigenvalue weighted by atomic mass is 35.5. The Balaban J connectivity index is 2.15. The van der Waals surface area contributed by atoms with Crippen molar-refractivity contribution in [2.24, 2.45) is 7.05 Å². The second-order valence-electron chi connectivity index (χ2n) is 3.92. The predicted octanol–water partition coefficient (Wildman–Crippen LogP) is 2.36. The van der Waals surface area contributed by atoms with E-state index in [4.69, 9.17) is 23.2 Å². The van der Waals surface area contributed by atoms with E-state index in [-0.39, 0.29) is 27.9 Å². The molecule has 7 heteroatoms. The molecule has 1 aromatic heterocycles. The predicted molar refractivity (Wildman–Crippen MR) is 72.5 cm³/mol. The highest BCUT2D eigenvalue weighted by Crippen LogP contribution is 2.29. The van der Waals surface area contributed by atoms with E-state index in [0.717, 1.165) is 0 Å². The fourth-order valence-electron chi connectivity index (χ4n) is 1.60. The summed E-state index contributed by atoms with van der Waals surface area (Å²) in [6.07, 6.45) is 3.41. The number of halogens is 2. The summed E-state index contributed by atoms with van der Waals surface area (Å²) in [5.41, 5.74) is 0.000255. The summed E-state index contributed by atoms with van der Waals surface area (Å²) < 4.78 is 1.78. The van der Waals surface area contributed by atoms with Gasteiger partial charge >= 0.3 is 0 Å². The van der Waals surface area contributed by atoms with Gasteiger partial charge in [-0.1, -0.05) is 23.2 Å². The van der Waals surface area contributed by atoms with E-state index in [0.29, 0.717) is 5.82 Å². The number of imidazole rings is 1. The topological polar surface area (TPSA) is 67.2 Å². The molecule has 2 rings (SSSR count). The molecule has 0 saturated heterocycles. The Kier molecular flexibility index (Phi) is 3.97. The molecule has 1 heterocycles. The molecule has 100 valence electrons. The van der Waals surface area contributed by atoms with E-state index in [1.165, 1.54) is 12.1 Å². The van der Waals surface area contributed by atoms with Crippen molar-refractivity contribution >= 4 is 29.1 Å². The van der Waals surface area contributed by atoms with Gasteiger partial charge in [0.05, 0.1) is 17.1 Å². The first-order valence-electron chi connectivity index (χ1n) is 5.41. The SMILES string of the molecule is Cn1ccnc1CNC(=O)c1c(O)cc(Cl)cc1Cl. The number of hydrogen-bond acceptors (Lipinski definition) is 3. The highest BCUT2D eigenvalue weighted by Gasteiger charge is 2.16. The molecular weight excluding hydrogens is 289 g/mol. The second-order valence-corrected chi connectivity index (χ2v) is 4.76. The number of amides is 1. The minimum atomic E-state index is -0.484. The third-order valence-corrected chi connectivity index (χ3v) is 3.11.